The molecule has 2 N–H and O–H groups in total. The van der Waals surface area contributed by atoms with Crippen molar-refractivity contribution in [2.45, 2.75) is 26.2 Å². The monoisotopic (exact) mass is 192 g/mol. The summed E-state index contributed by atoms with van der Waals surface area (Å²) < 4.78 is 0.478. The maximum absolute atomic E-state index is 11.3. The van der Waals surface area contributed by atoms with Crippen molar-refractivity contribution in [1.82, 2.24) is 4.98 Å². The molecule has 1 heterocycles. The van der Waals surface area contributed by atoms with Crippen LogP contribution in [0.5, 0.6) is 0 Å². The Bertz CT molecular complexity index is 400. The first kappa shape index (κ1) is 10.3. The molecule has 0 unspecified atom stereocenters. The Morgan fingerprint density at radius 3 is 2.57 bits per heavy atom. The van der Waals surface area contributed by atoms with E-state index in [4.69, 9.17) is 11.0 Å². The van der Waals surface area contributed by atoms with Crippen molar-refractivity contribution < 1.29 is 4.73 Å². The zero-order valence-electron chi connectivity index (χ0n) is 8.40. The van der Waals surface area contributed by atoms with Crippen LogP contribution in [0.15, 0.2) is 6.20 Å². The van der Waals surface area contributed by atoms with Gasteiger partial charge in [0.2, 0.25) is 5.69 Å². The number of anilines is 1. The second-order valence-electron chi connectivity index (χ2n) is 4.05. The first-order valence-electron chi connectivity index (χ1n) is 4.16. The van der Waals surface area contributed by atoms with E-state index in [1.807, 2.05) is 20.8 Å². The van der Waals surface area contributed by atoms with Crippen LogP contribution in [0.3, 0.4) is 0 Å². The van der Waals surface area contributed by atoms with E-state index >= 15 is 0 Å². The van der Waals surface area contributed by atoms with Crippen LogP contribution in [0.4, 0.5) is 5.82 Å². The largest absolute Gasteiger partial charge is 0.710 e. The predicted molar refractivity (Wildman–Crippen MR) is 51.0 cm³/mol. The average molecular weight is 192 g/mol. The highest BCUT2D eigenvalue weighted by molar-refractivity contribution is 5.39. The van der Waals surface area contributed by atoms with Crippen molar-refractivity contribution in [3.8, 4) is 6.07 Å². The fraction of sp³-hybridized carbons (Fsp3) is 0.444. The van der Waals surface area contributed by atoms with E-state index < -0.39 is 0 Å². The maximum Gasteiger partial charge on any atom is 0.312 e. The van der Waals surface area contributed by atoms with E-state index in [1.54, 1.807) is 6.07 Å². The molecule has 0 atom stereocenters. The molecule has 0 aliphatic carbocycles. The molecule has 0 bridgehead atoms. The van der Waals surface area contributed by atoms with Gasteiger partial charge in [0.1, 0.15) is 12.3 Å². The minimum absolute atomic E-state index is 0.0209. The normalized spacial score (nSPS) is 11.0. The van der Waals surface area contributed by atoms with E-state index in [-0.39, 0.29) is 16.9 Å². The molecule has 5 heteroatoms. The molecule has 0 fully saturated rings. The molecule has 1 aromatic rings. The molecule has 0 saturated heterocycles. The predicted octanol–water partition coefficient (Wildman–Crippen LogP) is 0.466. The second kappa shape index (κ2) is 3.14. The van der Waals surface area contributed by atoms with Gasteiger partial charge >= 0.3 is 5.82 Å². The molecule has 74 valence electrons. The Morgan fingerprint density at radius 1 is 1.57 bits per heavy atom. The van der Waals surface area contributed by atoms with Crippen molar-refractivity contribution in [3.63, 3.8) is 0 Å². The number of nitriles is 1. The number of nitrogens with zero attached hydrogens (tertiary/aromatic N) is 3. The zero-order chi connectivity index (χ0) is 10.9. The summed E-state index contributed by atoms with van der Waals surface area (Å²) in [6, 6.07) is 1.79. The van der Waals surface area contributed by atoms with Gasteiger partial charge in [-0.15, -0.1) is 0 Å². The van der Waals surface area contributed by atoms with Gasteiger partial charge in [-0.2, -0.15) is 5.26 Å². The van der Waals surface area contributed by atoms with Crippen molar-refractivity contribution in [3.05, 3.63) is 22.8 Å². The fourth-order valence-corrected chi connectivity index (χ4v) is 0.935. The zero-order valence-corrected chi connectivity index (χ0v) is 8.40. The molecule has 1 rings (SSSR count). The van der Waals surface area contributed by atoms with E-state index in [9.17, 15) is 5.21 Å². The van der Waals surface area contributed by atoms with Gasteiger partial charge in [0.05, 0.1) is 5.69 Å². The Kier molecular flexibility index (Phi) is 2.30. The molecular weight excluding hydrogens is 180 g/mol. The fourth-order valence-electron chi connectivity index (χ4n) is 0.935. The van der Waals surface area contributed by atoms with Crippen molar-refractivity contribution >= 4 is 5.82 Å². The summed E-state index contributed by atoms with van der Waals surface area (Å²) >= 11 is 0. The highest BCUT2D eigenvalue weighted by Crippen LogP contribution is 2.19. The molecule has 0 aromatic carbocycles. The molecule has 5 nitrogen and oxygen atoms in total. The smallest absolute Gasteiger partial charge is 0.312 e. The molecule has 1 aromatic heterocycles. The quantitative estimate of drug-likeness (QED) is 0.477. The first-order chi connectivity index (χ1) is 6.36. The van der Waals surface area contributed by atoms with Gasteiger partial charge in [0, 0.05) is 5.41 Å². The van der Waals surface area contributed by atoms with E-state index in [2.05, 4.69) is 4.98 Å². The molecule has 0 aliphatic heterocycles. The second-order valence-corrected chi connectivity index (χ2v) is 4.05. The lowest BCUT2D eigenvalue weighted by atomic mass is 9.92. The summed E-state index contributed by atoms with van der Waals surface area (Å²) in [5.74, 6) is -0.152. The summed E-state index contributed by atoms with van der Waals surface area (Å²) in [5, 5.41) is 20.0. The standard InChI is InChI=1S/C9H12N4O/c1-9(2,3)7-5-13(14)8(11)6(4-10)12-7/h5H,11H2,1-3H3. The Hall–Kier alpha value is -1.83. The first-order valence-corrected chi connectivity index (χ1v) is 4.16. The van der Waals surface area contributed by atoms with Crippen LogP contribution in [0.2, 0.25) is 0 Å². The van der Waals surface area contributed by atoms with Crippen molar-refractivity contribution in [2.75, 3.05) is 5.73 Å². The Balaban J connectivity index is 3.40. The van der Waals surface area contributed by atoms with Crippen molar-refractivity contribution in [2.24, 2.45) is 0 Å². The summed E-state index contributed by atoms with van der Waals surface area (Å²) in [4.78, 5) is 4.02. The number of rotatable bonds is 0. The summed E-state index contributed by atoms with van der Waals surface area (Å²) in [5.41, 5.74) is 5.63. The van der Waals surface area contributed by atoms with Gasteiger partial charge in [-0.25, -0.2) is 9.71 Å². The number of nitrogens with two attached hydrogens (primary N) is 1. The average Bonchev–Trinajstić information content (AvgIpc) is 2.07. The molecule has 0 saturated carbocycles. The van der Waals surface area contributed by atoms with Crippen molar-refractivity contribution in [1.29, 1.82) is 5.26 Å². The number of nitrogen functional groups attached to an aromatic ring is 1. The van der Waals surface area contributed by atoms with Crippen LogP contribution in [0.1, 0.15) is 32.2 Å². The highest BCUT2D eigenvalue weighted by atomic mass is 16.5. The van der Waals surface area contributed by atoms with Gasteiger partial charge in [0.25, 0.3) is 0 Å². The number of hydrogen-bond acceptors (Lipinski definition) is 4. The lowest BCUT2D eigenvalue weighted by molar-refractivity contribution is -0.591. The minimum Gasteiger partial charge on any atom is -0.710 e. The van der Waals surface area contributed by atoms with Gasteiger partial charge in [-0.1, -0.05) is 20.8 Å². The van der Waals surface area contributed by atoms with E-state index in [1.165, 1.54) is 6.20 Å². The van der Waals surface area contributed by atoms with Crippen LogP contribution in [-0.2, 0) is 5.41 Å². The molecule has 0 aliphatic rings. The van der Waals surface area contributed by atoms with Crippen LogP contribution < -0.4 is 10.5 Å². The molecular formula is C9H12N4O. The van der Waals surface area contributed by atoms with Crippen LogP contribution in [-0.4, -0.2) is 4.98 Å². The topological polar surface area (TPSA) is 89.6 Å². The highest BCUT2D eigenvalue weighted by Gasteiger charge is 2.20. The minimum atomic E-state index is -0.272. The van der Waals surface area contributed by atoms with Gasteiger partial charge in [-0.3, -0.25) is 5.73 Å². The van der Waals surface area contributed by atoms with Crippen LogP contribution in [0, 0.1) is 16.5 Å². The molecule has 0 spiro atoms. The maximum atomic E-state index is 11.3. The third kappa shape index (κ3) is 1.74. The molecule has 0 amide bonds. The summed E-state index contributed by atoms with van der Waals surface area (Å²) in [6.07, 6.45) is 1.30. The van der Waals surface area contributed by atoms with Crippen LogP contribution in [0.25, 0.3) is 0 Å². The van der Waals surface area contributed by atoms with Gasteiger partial charge < -0.3 is 5.21 Å². The number of aromatic nitrogens is 2. The van der Waals surface area contributed by atoms with E-state index in [0.717, 1.165) is 0 Å². The summed E-state index contributed by atoms with van der Waals surface area (Å²) in [6.45, 7) is 5.73. The number of hydrogen-bond donors (Lipinski definition) is 1. The Morgan fingerprint density at radius 2 is 2.14 bits per heavy atom. The lowest BCUT2D eigenvalue weighted by Crippen LogP contribution is -2.35. The lowest BCUT2D eigenvalue weighted by Gasteiger charge is -2.18. The molecule has 0 radical (unpaired) electrons. The third-order valence-corrected chi connectivity index (χ3v) is 1.83. The van der Waals surface area contributed by atoms with E-state index in [0.29, 0.717) is 10.4 Å². The summed E-state index contributed by atoms with van der Waals surface area (Å²) in [7, 11) is 0. The molecule has 14 heavy (non-hydrogen) atoms. The third-order valence-electron chi connectivity index (χ3n) is 1.83. The van der Waals surface area contributed by atoms with Gasteiger partial charge in [-0.05, 0) is 0 Å². The Labute approximate surface area is 82.4 Å². The van der Waals surface area contributed by atoms with Crippen LogP contribution >= 0.6 is 0 Å². The SMILES string of the molecule is CC(C)(C)c1c[n+]([O-])c(N)c(C#N)n1. The van der Waals surface area contributed by atoms with Gasteiger partial charge in [0.15, 0.2) is 0 Å².